The third kappa shape index (κ3) is 3.46. The number of benzene rings is 1. The van der Waals surface area contributed by atoms with Gasteiger partial charge in [-0.05, 0) is 42.7 Å². The Balaban J connectivity index is 2.22. The van der Waals surface area contributed by atoms with Gasteiger partial charge in [0.2, 0.25) is 5.91 Å². The zero-order valence-corrected chi connectivity index (χ0v) is 11.6. The fourth-order valence-corrected chi connectivity index (χ4v) is 2.27. The summed E-state index contributed by atoms with van der Waals surface area (Å²) in [6.07, 6.45) is 0. The smallest absolute Gasteiger partial charge is 0.236 e. The molecule has 1 heterocycles. The molecule has 4 N–H and O–H groups in total. The standard InChI is InChI=1S/C13H13N5OS/c1-8-4-13(20-18-8)17-11-5-10(16-7-12(15)19)3-2-9(11)6-14/h2-5,16-17H,7H2,1H3,(H2,15,19). The van der Waals surface area contributed by atoms with E-state index in [2.05, 4.69) is 21.1 Å². The molecule has 7 heteroatoms. The molecule has 0 unspecified atom stereocenters. The second-order valence-corrected chi connectivity index (χ2v) is 4.95. The Labute approximate surface area is 120 Å². The van der Waals surface area contributed by atoms with Crippen molar-refractivity contribution < 1.29 is 4.79 Å². The van der Waals surface area contributed by atoms with Crippen LogP contribution in [0, 0.1) is 18.3 Å². The first-order chi connectivity index (χ1) is 9.58. The lowest BCUT2D eigenvalue weighted by Gasteiger charge is -2.09. The van der Waals surface area contributed by atoms with E-state index in [1.165, 1.54) is 11.5 Å². The van der Waals surface area contributed by atoms with Crippen LogP contribution in [0.2, 0.25) is 0 Å². The molecule has 20 heavy (non-hydrogen) atoms. The number of nitrogens with two attached hydrogens (primary N) is 1. The first-order valence-electron chi connectivity index (χ1n) is 5.85. The van der Waals surface area contributed by atoms with Crippen molar-refractivity contribution in [1.82, 2.24) is 4.37 Å². The molecule has 0 aliphatic heterocycles. The fraction of sp³-hybridized carbons (Fsp3) is 0.154. The number of primary amides is 1. The Morgan fingerprint density at radius 1 is 1.50 bits per heavy atom. The van der Waals surface area contributed by atoms with Crippen LogP contribution in [-0.4, -0.2) is 16.8 Å². The van der Waals surface area contributed by atoms with Crippen molar-refractivity contribution in [2.24, 2.45) is 5.73 Å². The van der Waals surface area contributed by atoms with Gasteiger partial charge in [-0.3, -0.25) is 4.79 Å². The second kappa shape index (κ2) is 6.04. The summed E-state index contributed by atoms with van der Waals surface area (Å²) in [5.41, 5.74) is 7.89. The second-order valence-electron chi connectivity index (χ2n) is 4.15. The number of rotatable bonds is 5. The normalized spacial score (nSPS) is 9.80. The van der Waals surface area contributed by atoms with E-state index in [0.717, 1.165) is 10.7 Å². The summed E-state index contributed by atoms with van der Waals surface area (Å²) in [6, 6.07) is 9.18. The zero-order valence-electron chi connectivity index (χ0n) is 10.8. The van der Waals surface area contributed by atoms with Crippen molar-refractivity contribution in [2.45, 2.75) is 6.92 Å². The number of hydrogen-bond acceptors (Lipinski definition) is 6. The minimum Gasteiger partial charge on any atom is -0.376 e. The Bertz CT molecular complexity index is 674. The first kappa shape index (κ1) is 13.8. The maximum absolute atomic E-state index is 10.8. The summed E-state index contributed by atoms with van der Waals surface area (Å²) in [7, 11) is 0. The highest BCUT2D eigenvalue weighted by molar-refractivity contribution is 7.10. The summed E-state index contributed by atoms with van der Waals surface area (Å²) in [4.78, 5) is 10.8. The SMILES string of the molecule is Cc1cc(Nc2cc(NCC(N)=O)ccc2C#N)sn1. The molecule has 0 aliphatic carbocycles. The zero-order chi connectivity index (χ0) is 14.5. The molecule has 1 aromatic carbocycles. The Morgan fingerprint density at radius 2 is 2.30 bits per heavy atom. The molecular weight excluding hydrogens is 274 g/mol. The number of amides is 1. The molecule has 0 spiro atoms. The first-order valence-corrected chi connectivity index (χ1v) is 6.62. The highest BCUT2D eigenvalue weighted by Gasteiger charge is 2.06. The van der Waals surface area contributed by atoms with E-state index in [1.807, 2.05) is 13.0 Å². The summed E-state index contributed by atoms with van der Waals surface area (Å²) in [6.45, 7) is 1.95. The monoisotopic (exact) mass is 287 g/mol. The van der Waals surface area contributed by atoms with E-state index in [0.29, 0.717) is 16.9 Å². The summed E-state index contributed by atoms with van der Waals surface area (Å²) in [5, 5.41) is 16.0. The average molecular weight is 287 g/mol. The van der Waals surface area contributed by atoms with Crippen LogP contribution in [0.4, 0.5) is 16.4 Å². The molecule has 0 fully saturated rings. The van der Waals surface area contributed by atoms with Gasteiger partial charge in [0, 0.05) is 5.69 Å². The molecule has 0 atom stereocenters. The topological polar surface area (TPSA) is 104 Å². The molecule has 0 saturated carbocycles. The predicted octanol–water partition coefficient (Wildman–Crippen LogP) is 1.96. The van der Waals surface area contributed by atoms with Gasteiger partial charge >= 0.3 is 0 Å². The Kier molecular flexibility index (Phi) is 4.17. The van der Waals surface area contributed by atoms with Gasteiger partial charge in [0.1, 0.15) is 11.1 Å². The van der Waals surface area contributed by atoms with Crippen molar-refractivity contribution in [3.63, 3.8) is 0 Å². The minimum absolute atomic E-state index is 0.0466. The van der Waals surface area contributed by atoms with Gasteiger partial charge in [0.25, 0.3) is 0 Å². The van der Waals surface area contributed by atoms with Crippen molar-refractivity contribution in [3.8, 4) is 6.07 Å². The molecule has 1 amide bonds. The third-order valence-electron chi connectivity index (χ3n) is 2.49. The quantitative estimate of drug-likeness (QED) is 0.780. The number of carbonyl (C=O) groups is 1. The lowest BCUT2D eigenvalue weighted by Crippen LogP contribution is -2.21. The van der Waals surface area contributed by atoms with Gasteiger partial charge in [-0.1, -0.05) is 0 Å². The summed E-state index contributed by atoms with van der Waals surface area (Å²) in [5.74, 6) is -0.443. The van der Waals surface area contributed by atoms with Crippen molar-refractivity contribution in [1.29, 1.82) is 5.26 Å². The van der Waals surface area contributed by atoms with Gasteiger partial charge < -0.3 is 16.4 Å². The summed E-state index contributed by atoms with van der Waals surface area (Å²) >= 11 is 1.32. The third-order valence-corrected chi connectivity index (χ3v) is 3.29. The van der Waals surface area contributed by atoms with Crippen molar-refractivity contribution in [2.75, 3.05) is 17.2 Å². The molecule has 2 rings (SSSR count). The molecule has 6 nitrogen and oxygen atoms in total. The van der Waals surface area contributed by atoms with Crippen LogP contribution in [0.15, 0.2) is 24.3 Å². The molecular formula is C13H13N5OS. The van der Waals surface area contributed by atoms with Crippen LogP contribution in [0.5, 0.6) is 0 Å². The minimum atomic E-state index is -0.443. The lowest BCUT2D eigenvalue weighted by molar-refractivity contribution is -0.116. The van der Waals surface area contributed by atoms with Gasteiger partial charge in [0.05, 0.1) is 23.5 Å². The Morgan fingerprint density at radius 3 is 2.90 bits per heavy atom. The Hall–Kier alpha value is -2.59. The molecule has 0 saturated heterocycles. The largest absolute Gasteiger partial charge is 0.376 e. The number of nitrogens with one attached hydrogen (secondary N) is 2. The van der Waals surface area contributed by atoms with Crippen LogP contribution >= 0.6 is 11.5 Å². The molecule has 0 radical (unpaired) electrons. The fourth-order valence-electron chi connectivity index (χ4n) is 1.60. The van der Waals surface area contributed by atoms with Gasteiger partial charge in [-0.15, -0.1) is 0 Å². The molecule has 2 aromatic rings. The number of carbonyl (C=O) groups excluding carboxylic acids is 1. The van der Waals surface area contributed by atoms with Crippen LogP contribution in [0.25, 0.3) is 0 Å². The summed E-state index contributed by atoms with van der Waals surface area (Å²) < 4.78 is 4.17. The number of nitrogens with zero attached hydrogens (tertiary/aromatic N) is 2. The lowest BCUT2D eigenvalue weighted by atomic mass is 10.1. The van der Waals surface area contributed by atoms with E-state index in [9.17, 15) is 4.79 Å². The number of hydrogen-bond donors (Lipinski definition) is 3. The number of aryl methyl sites for hydroxylation is 1. The maximum Gasteiger partial charge on any atom is 0.236 e. The average Bonchev–Trinajstić information content (AvgIpc) is 2.82. The van der Waals surface area contributed by atoms with Crippen LogP contribution in [0.1, 0.15) is 11.3 Å². The highest BCUT2D eigenvalue weighted by atomic mass is 32.1. The van der Waals surface area contributed by atoms with Gasteiger partial charge in [-0.25, -0.2) is 0 Å². The van der Waals surface area contributed by atoms with Crippen LogP contribution < -0.4 is 16.4 Å². The van der Waals surface area contributed by atoms with Crippen molar-refractivity contribution >= 4 is 33.8 Å². The molecule has 1 aromatic heterocycles. The van der Waals surface area contributed by atoms with Crippen LogP contribution in [-0.2, 0) is 4.79 Å². The molecule has 0 aliphatic rings. The van der Waals surface area contributed by atoms with E-state index < -0.39 is 5.91 Å². The predicted molar refractivity (Wildman–Crippen MR) is 79.0 cm³/mol. The highest BCUT2D eigenvalue weighted by Crippen LogP contribution is 2.26. The van der Waals surface area contributed by atoms with E-state index in [1.54, 1.807) is 18.2 Å². The number of anilines is 3. The molecule has 0 bridgehead atoms. The molecule has 102 valence electrons. The van der Waals surface area contributed by atoms with E-state index >= 15 is 0 Å². The van der Waals surface area contributed by atoms with Gasteiger partial charge in [0.15, 0.2) is 0 Å². The maximum atomic E-state index is 10.8. The van der Waals surface area contributed by atoms with Gasteiger partial charge in [-0.2, -0.15) is 9.64 Å². The van der Waals surface area contributed by atoms with E-state index in [-0.39, 0.29) is 6.54 Å². The van der Waals surface area contributed by atoms with Crippen LogP contribution in [0.3, 0.4) is 0 Å². The number of nitriles is 1. The number of aromatic nitrogens is 1. The van der Waals surface area contributed by atoms with E-state index in [4.69, 9.17) is 11.0 Å². The van der Waals surface area contributed by atoms with Crippen molar-refractivity contribution in [3.05, 3.63) is 35.5 Å².